The van der Waals surface area contributed by atoms with E-state index in [1.54, 1.807) is 6.92 Å². The second-order valence-corrected chi connectivity index (χ2v) is 4.76. The molecule has 0 aliphatic rings. The zero-order valence-corrected chi connectivity index (χ0v) is 11.6. The van der Waals surface area contributed by atoms with Crippen LogP contribution in [0.15, 0.2) is 24.3 Å². The van der Waals surface area contributed by atoms with Crippen molar-refractivity contribution in [1.82, 2.24) is 5.32 Å². The smallest absolute Gasteiger partial charge is 0.258 e. The first-order valence-corrected chi connectivity index (χ1v) is 6.11. The number of ether oxygens (including phenoxy) is 2. The van der Waals surface area contributed by atoms with E-state index in [0.29, 0.717) is 5.75 Å². The van der Waals surface area contributed by atoms with E-state index in [-0.39, 0.29) is 25.7 Å². The van der Waals surface area contributed by atoms with Crippen LogP contribution in [0, 0.1) is 6.92 Å². The summed E-state index contributed by atoms with van der Waals surface area (Å²) in [5.41, 5.74) is -0.103. The van der Waals surface area contributed by atoms with E-state index in [9.17, 15) is 9.90 Å². The molecule has 106 valence electrons. The fourth-order valence-electron chi connectivity index (χ4n) is 1.56. The number of para-hydroxylation sites is 1. The van der Waals surface area contributed by atoms with Gasteiger partial charge in [-0.2, -0.15) is 0 Å². The predicted molar refractivity (Wildman–Crippen MR) is 72.2 cm³/mol. The van der Waals surface area contributed by atoms with Crippen LogP contribution in [0.2, 0.25) is 0 Å². The number of aryl methyl sites for hydroxylation is 1. The second-order valence-electron chi connectivity index (χ2n) is 4.76. The van der Waals surface area contributed by atoms with Gasteiger partial charge in [-0.3, -0.25) is 4.79 Å². The van der Waals surface area contributed by atoms with Gasteiger partial charge >= 0.3 is 0 Å². The standard InChI is InChI=1S/C14H21NO4/c1-11-6-4-5-7-12(11)19-8-13(16)15-9-14(2,17)10-18-3/h4-7,17H,8-10H2,1-3H3,(H,15,16)/t14-/m0/s1. The van der Waals surface area contributed by atoms with Gasteiger partial charge in [-0.25, -0.2) is 0 Å². The SMILES string of the molecule is COC[C@@](C)(O)CNC(=O)COc1ccccc1C. The minimum absolute atomic E-state index is 0.0755. The summed E-state index contributed by atoms with van der Waals surface area (Å²) in [6.45, 7) is 3.71. The fourth-order valence-corrected chi connectivity index (χ4v) is 1.56. The van der Waals surface area contributed by atoms with Gasteiger partial charge in [0.25, 0.3) is 5.91 Å². The third-order valence-electron chi connectivity index (χ3n) is 2.57. The molecule has 1 amide bonds. The highest BCUT2D eigenvalue weighted by Gasteiger charge is 2.20. The number of benzene rings is 1. The molecule has 1 aromatic carbocycles. The Kier molecular flexibility index (Phi) is 5.79. The van der Waals surface area contributed by atoms with Gasteiger partial charge in [-0.1, -0.05) is 18.2 Å². The van der Waals surface area contributed by atoms with E-state index in [1.165, 1.54) is 7.11 Å². The lowest BCUT2D eigenvalue weighted by Gasteiger charge is -2.22. The molecular formula is C14H21NO4. The predicted octanol–water partition coefficient (Wildman–Crippen LogP) is 0.887. The molecule has 5 heteroatoms. The zero-order valence-electron chi connectivity index (χ0n) is 11.6. The molecule has 0 unspecified atom stereocenters. The number of rotatable bonds is 7. The highest BCUT2D eigenvalue weighted by molar-refractivity contribution is 5.77. The first kappa shape index (κ1) is 15.5. The van der Waals surface area contributed by atoms with Crippen molar-refractivity contribution in [2.45, 2.75) is 19.4 Å². The maximum absolute atomic E-state index is 11.6. The van der Waals surface area contributed by atoms with Gasteiger partial charge in [0.15, 0.2) is 6.61 Å². The van der Waals surface area contributed by atoms with Crippen LogP contribution in [-0.2, 0) is 9.53 Å². The highest BCUT2D eigenvalue weighted by Crippen LogP contribution is 2.15. The van der Waals surface area contributed by atoms with E-state index in [0.717, 1.165) is 5.56 Å². The molecule has 0 saturated heterocycles. The van der Waals surface area contributed by atoms with E-state index in [1.807, 2.05) is 31.2 Å². The quantitative estimate of drug-likeness (QED) is 0.770. The van der Waals surface area contributed by atoms with Crippen molar-refractivity contribution < 1.29 is 19.4 Å². The average molecular weight is 267 g/mol. The third-order valence-corrected chi connectivity index (χ3v) is 2.57. The summed E-state index contributed by atoms with van der Waals surface area (Å²) in [7, 11) is 1.50. The van der Waals surface area contributed by atoms with E-state index in [4.69, 9.17) is 9.47 Å². The molecule has 0 radical (unpaired) electrons. The molecule has 2 N–H and O–H groups in total. The van der Waals surface area contributed by atoms with Crippen molar-refractivity contribution in [2.24, 2.45) is 0 Å². The number of nitrogens with one attached hydrogen (secondary N) is 1. The largest absolute Gasteiger partial charge is 0.484 e. The Morgan fingerprint density at radius 1 is 1.42 bits per heavy atom. The maximum atomic E-state index is 11.6. The first-order valence-electron chi connectivity index (χ1n) is 6.11. The monoisotopic (exact) mass is 267 g/mol. The number of methoxy groups -OCH3 is 1. The summed E-state index contributed by atoms with van der Waals surface area (Å²) in [6.07, 6.45) is 0. The van der Waals surface area contributed by atoms with Crippen LogP contribution >= 0.6 is 0 Å². The Labute approximate surface area is 113 Å². The van der Waals surface area contributed by atoms with Gasteiger partial charge in [0.1, 0.15) is 11.4 Å². The topological polar surface area (TPSA) is 67.8 Å². The maximum Gasteiger partial charge on any atom is 0.258 e. The number of hydrogen-bond acceptors (Lipinski definition) is 4. The average Bonchev–Trinajstić information content (AvgIpc) is 2.35. The molecule has 0 heterocycles. The number of hydrogen-bond donors (Lipinski definition) is 2. The molecule has 5 nitrogen and oxygen atoms in total. The van der Waals surface area contributed by atoms with Gasteiger partial charge in [0.05, 0.1) is 6.61 Å². The number of aliphatic hydroxyl groups is 1. The molecule has 0 bridgehead atoms. The van der Waals surface area contributed by atoms with Gasteiger partial charge in [-0.05, 0) is 25.5 Å². The number of carbonyl (C=O) groups is 1. The lowest BCUT2D eigenvalue weighted by Crippen LogP contribution is -2.45. The zero-order chi connectivity index (χ0) is 14.3. The van der Waals surface area contributed by atoms with Crippen LogP contribution in [-0.4, -0.2) is 43.5 Å². The van der Waals surface area contributed by atoms with Crippen LogP contribution < -0.4 is 10.1 Å². The second kappa shape index (κ2) is 7.11. The minimum Gasteiger partial charge on any atom is -0.484 e. The van der Waals surface area contributed by atoms with Crippen LogP contribution in [0.1, 0.15) is 12.5 Å². The number of amides is 1. The van der Waals surface area contributed by atoms with Crippen molar-refractivity contribution in [3.05, 3.63) is 29.8 Å². The van der Waals surface area contributed by atoms with E-state index < -0.39 is 5.60 Å². The Morgan fingerprint density at radius 3 is 2.74 bits per heavy atom. The Morgan fingerprint density at radius 2 is 2.11 bits per heavy atom. The summed E-state index contributed by atoms with van der Waals surface area (Å²) in [4.78, 5) is 11.6. The molecule has 0 spiro atoms. The summed E-state index contributed by atoms with van der Waals surface area (Å²) in [5, 5.41) is 12.4. The molecular weight excluding hydrogens is 246 g/mol. The third kappa shape index (κ3) is 5.72. The normalized spacial score (nSPS) is 13.7. The summed E-state index contributed by atoms with van der Waals surface area (Å²) < 4.78 is 10.3. The molecule has 1 aromatic rings. The van der Waals surface area contributed by atoms with Crippen molar-refractivity contribution in [2.75, 3.05) is 26.9 Å². The lowest BCUT2D eigenvalue weighted by molar-refractivity contribution is -0.124. The van der Waals surface area contributed by atoms with Crippen molar-refractivity contribution in [3.8, 4) is 5.75 Å². The Hall–Kier alpha value is -1.59. The summed E-state index contributed by atoms with van der Waals surface area (Å²) >= 11 is 0. The van der Waals surface area contributed by atoms with Gasteiger partial charge < -0.3 is 19.9 Å². The minimum atomic E-state index is -1.08. The Balaban J connectivity index is 2.35. The lowest BCUT2D eigenvalue weighted by atomic mass is 10.1. The van der Waals surface area contributed by atoms with Crippen molar-refractivity contribution >= 4 is 5.91 Å². The van der Waals surface area contributed by atoms with Crippen LogP contribution in [0.25, 0.3) is 0 Å². The molecule has 0 fully saturated rings. The highest BCUT2D eigenvalue weighted by atomic mass is 16.5. The van der Waals surface area contributed by atoms with E-state index >= 15 is 0 Å². The van der Waals surface area contributed by atoms with Crippen LogP contribution in [0.4, 0.5) is 0 Å². The van der Waals surface area contributed by atoms with Gasteiger partial charge in [-0.15, -0.1) is 0 Å². The molecule has 0 saturated carbocycles. The molecule has 0 aromatic heterocycles. The summed E-state index contributed by atoms with van der Waals surface area (Å²) in [6, 6.07) is 7.48. The molecule has 1 atom stereocenters. The van der Waals surface area contributed by atoms with Gasteiger partial charge in [0.2, 0.25) is 0 Å². The van der Waals surface area contributed by atoms with Crippen LogP contribution in [0.5, 0.6) is 5.75 Å². The van der Waals surface area contributed by atoms with Crippen molar-refractivity contribution in [3.63, 3.8) is 0 Å². The fraction of sp³-hybridized carbons (Fsp3) is 0.500. The molecule has 0 aliphatic carbocycles. The Bertz CT molecular complexity index is 418. The number of carbonyl (C=O) groups excluding carboxylic acids is 1. The summed E-state index contributed by atoms with van der Waals surface area (Å²) in [5.74, 6) is 0.404. The van der Waals surface area contributed by atoms with Crippen molar-refractivity contribution in [1.29, 1.82) is 0 Å². The molecule has 0 aliphatic heterocycles. The first-order chi connectivity index (χ1) is 8.94. The van der Waals surface area contributed by atoms with Gasteiger partial charge in [0, 0.05) is 13.7 Å². The molecule has 19 heavy (non-hydrogen) atoms. The molecule has 1 rings (SSSR count). The van der Waals surface area contributed by atoms with Crippen LogP contribution in [0.3, 0.4) is 0 Å². The van der Waals surface area contributed by atoms with E-state index in [2.05, 4.69) is 5.32 Å².